The monoisotopic (exact) mass is 300 g/mol. The Bertz CT molecular complexity index is 572. The van der Waals surface area contributed by atoms with E-state index in [0.29, 0.717) is 0 Å². The van der Waals surface area contributed by atoms with Crippen molar-refractivity contribution in [2.24, 2.45) is 0 Å². The van der Waals surface area contributed by atoms with Crippen LogP contribution in [0.4, 0.5) is 0 Å². The Hall–Kier alpha value is -2.33. The molecule has 0 saturated carbocycles. The summed E-state index contributed by atoms with van der Waals surface area (Å²) in [6.45, 7) is 1.61. The van der Waals surface area contributed by atoms with Crippen LogP contribution in [0.5, 0.6) is 11.5 Å². The first-order valence-electron chi connectivity index (χ1n) is 7.19. The highest BCUT2D eigenvalue weighted by Crippen LogP contribution is 2.23. The molecule has 2 rings (SSSR count). The maximum absolute atomic E-state index is 11.9. The van der Waals surface area contributed by atoms with E-state index in [1.165, 1.54) is 0 Å². The molecule has 0 heterocycles. The van der Waals surface area contributed by atoms with E-state index in [2.05, 4.69) is 0 Å². The molecule has 0 aromatic heterocycles. The second-order valence-corrected chi connectivity index (χ2v) is 5.22. The minimum absolute atomic E-state index is 0.0608. The van der Waals surface area contributed by atoms with Crippen LogP contribution in [-0.2, 0) is 4.79 Å². The smallest absolute Gasteiger partial charge is 0.309 e. The Morgan fingerprint density at radius 3 is 1.50 bits per heavy atom. The molecule has 22 heavy (non-hydrogen) atoms. The fourth-order valence-electron chi connectivity index (χ4n) is 2.49. The zero-order chi connectivity index (χ0) is 16.1. The number of rotatable bonds is 5. The Kier molecular flexibility index (Phi) is 5.17. The first-order chi connectivity index (χ1) is 10.6. The zero-order valence-electron chi connectivity index (χ0n) is 13.4. The third-order valence-corrected chi connectivity index (χ3v) is 3.89. The van der Waals surface area contributed by atoms with Gasteiger partial charge in [-0.2, -0.15) is 0 Å². The number of hydrogen-bond donors (Lipinski definition) is 1. The number of ether oxygens (including phenoxy) is 2. The minimum Gasteiger partial charge on any atom is -0.497 e. The quantitative estimate of drug-likeness (QED) is 0.916. The average Bonchev–Trinajstić information content (AvgIpc) is 2.56. The summed E-state index contributed by atoms with van der Waals surface area (Å²) in [5, 5.41) is 0. The van der Waals surface area contributed by atoms with Gasteiger partial charge in [0.25, 0.3) is 0 Å². The normalized spacial score (nSPS) is 12.0. The molecule has 2 aromatic carbocycles. The number of carbonyl (C=O) groups excluding carboxylic acids is 1. The molecule has 0 saturated heterocycles. The SMILES string of the molecule is COc1ccc(C(c2ccc(OC)cc2)[NH+](C)C(C)=O)cc1. The van der Waals surface area contributed by atoms with E-state index in [1.807, 2.05) is 55.6 Å². The summed E-state index contributed by atoms with van der Waals surface area (Å²) in [6.07, 6.45) is 0. The molecule has 116 valence electrons. The van der Waals surface area contributed by atoms with Crippen LogP contribution < -0.4 is 14.4 Å². The molecule has 2 aromatic rings. The lowest BCUT2D eigenvalue weighted by Crippen LogP contribution is -3.11. The van der Waals surface area contributed by atoms with Gasteiger partial charge in [-0.1, -0.05) is 0 Å². The minimum atomic E-state index is -0.0608. The average molecular weight is 300 g/mol. The molecule has 0 fully saturated rings. The van der Waals surface area contributed by atoms with Gasteiger partial charge in [-0.05, 0) is 48.5 Å². The van der Waals surface area contributed by atoms with Gasteiger partial charge in [-0.25, -0.2) is 4.79 Å². The highest BCUT2D eigenvalue weighted by atomic mass is 16.5. The molecular weight excluding hydrogens is 278 g/mol. The van der Waals surface area contributed by atoms with Crippen molar-refractivity contribution in [3.05, 3.63) is 59.7 Å². The van der Waals surface area contributed by atoms with Crippen LogP contribution in [0.15, 0.2) is 48.5 Å². The first-order valence-corrected chi connectivity index (χ1v) is 7.19. The molecule has 1 unspecified atom stereocenters. The number of hydrogen-bond acceptors (Lipinski definition) is 3. The summed E-state index contributed by atoms with van der Waals surface area (Å²) in [5.41, 5.74) is 2.14. The van der Waals surface area contributed by atoms with Gasteiger partial charge in [0.15, 0.2) is 0 Å². The van der Waals surface area contributed by atoms with Crippen LogP contribution in [-0.4, -0.2) is 27.2 Å². The first kappa shape index (κ1) is 16.0. The van der Waals surface area contributed by atoms with Gasteiger partial charge < -0.3 is 9.47 Å². The number of methoxy groups -OCH3 is 2. The maximum Gasteiger partial charge on any atom is 0.309 e. The Morgan fingerprint density at radius 1 is 0.864 bits per heavy atom. The molecule has 0 radical (unpaired) electrons. The van der Waals surface area contributed by atoms with Crippen LogP contribution in [0, 0.1) is 0 Å². The van der Waals surface area contributed by atoms with Crippen molar-refractivity contribution in [1.82, 2.24) is 0 Å². The summed E-state index contributed by atoms with van der Waals surface area (Å²) in [4.78, 5) is 12.7. The molecule has 1 amide bonds. The van der Waals surface area contributed by atoms with Crippen molar-refractivity contribution in [2.75, 3.05) is 21.3 Å². The summed E-state index contributed by atoms with van der Waals surface area (Å²) in [6, 6.07) is 15.6. The van der Waals surface area contributed by atoms with Gasteiger partial charge in [-0.15, -0.1) is 0 Å². The van der Waals surface area contributed by atoms with Crippen molar-refractivity contribution in [3.63, 3.8) is 0 Å². The van der Waals surface area contributed by atoms with Gasteiger partial charge in [0, 0.05) is 11.1 Å². The predicted octanol–water partition coefficient (Wildman–Crippen LogP) is 1.85. The van der Waals surface area contributed by atoms with Gasteiger partial charge in [-0.3, -0.25) is 4.90 Å². The summed E-state index contributed by atoms with van der Waals surface area (Å²) in [7, 11) is 5.17. The Labute approximate surface area is 131 Å². The number of amides is 1. The van der Waals surface area contributed by atoms with Crippen molar-refractivity contribution < 1.29 is 19.2 Å². The second kappa shape index (κ2) is 7.09. The molecule has 1 atom stereocenters. The summed E-state index contributed by atoms with van der Waals surface area (Å²) in [5.74, 6) is 1.70. The van der Waals surface area contributed by atoms with E-state index >= 15 is 0 Å². The van der Waals surface area contributed by atoms with E-state index in [1.54, 1.807) is 21.1 Å². The van der Waals surface area contributed by atoms with Gasteiger partial charge in [0.05, 0.1) is 28.2 Å². The second-order valence-electron chi connectivity index (χ2n) is 5.22. The van der Waals surface area contributed by atoms with Gasteiger partial charge >= 0.3 is 5.91 Å². The third kappa shape index (κ3) is 3.46. The van der Waals surface area contributed by atoms with E-state index in [-0.39, 0.29) is 11.9 Å². The summed E-state index contributed by atoms with van der Waals surface area (Å²) >= 11 is 0. The molecule has 1 N–H and O–H groups in total. The van der Waals surface area contributed by atoms with Crippen LogP contribution in [0.25, 0.3) is 0 Å². The van der Waals surface area contributed by atoms with E-state index < -0.39 is 0 Å². The molecule has 0 aliphatic heterocycles. The number of quaternary nitrogens is 1. The highest BCUT2D eigenvalue weighted by molar-refractivity contribution is 5.63. The molecule has 0 aliphatic carbocycles. The molecule has 0 bridgehead atoms. The number of benzene rings is 2. The fraction of sp³-hybridized carbons (Fsp3) is 0.278. The number of carbonyl (C=O) groups is 1. The van der Waals surface area contributed by atoms with E-state index in [0.717, 1.165) is 27.5 Å². The van der Waals surface area contributed by atoms with Crippen LogP contribution in [0.2, 0.25) is 0 Å². The highest BCUT2D eigenvalue weighted by Gasteiger charge is 2.26. The van der Waals surface area contributed by atoms with Crippen molar-refractivity contribution >= 4 is 5.91 Å². The van der Waals surface area contributed by atoms with E-state index in [4.69, 9.17) is 9.47 Å². The lowest BCUT2D eigenvalue weighted by molar-refractivity contribution is -0.825. The number of nitrogens with one attached hydrogen (secondary N) is 1. The fourth-order valence-corrected chi connectivity index (χ4v) is 2.49. The Balaban J connectivity index is 2.42. The summed E-state index contributed by atoms with van der Waals surface area (Å²) < 4.78 is 10.4. The molecule has 0 spiro atoms. The van der Waals surface area contributed by atoms with Gasteiger partial charge in [0.2, 0.25) is 0 Å². The maximum atomic E-state index is 11.9. The molecule has 4 heteroatoms. The molecule has 0 aliphatic rings. The van der Waals surface area contributed by atoms with E-state index in [9.17, 15) is 4.79 Å². The van der Waals surface area contributed by atoms with Crippen molar-refractivity contribution in [3.8, 4) is 11.5 Å². The van der Waals surface area contributed by atoms with Crippen molar-refractivity contribution in [1.29, 1.82) is 0 Å². The lowest BCUT2D eigenvalue weighted by Gasteiger charge is -2.23. The van der Waals surface area contributed by atoms with Gasteiger partial charge in [0.1, 0.15) is 17.5 Å². The Morgan fingerprint density at radius 2 is 1.23 bits per heavy atom. The standard InChI is InChI=1S/C18H21NO3/c1-13(20)19(2)18(14-5-9-16(21-3)10-6-14)15-7-11-17(22-4)12-8-15/h5-12,18H,1-4H3/p+1. The molecule has 4 nitrogen and oxygen atoms in total. The zero-order valence-corrected chi connectivity index (χ0v) is 13.4. The topological polar surface area (TPSA) is 40.0 Å². The lowest BCUT2D eigenvalue weighted by atomic mass is 9.97. The largest absolute Gasteiger partial charge is 0.497 e. The van der Waals surface area contributed by atoms with Crippen LogP contribution >= 0.6 is 0 Å². The van der Waals surface area contributed by atoms with Crippen LogP contribution in [0.1, 0.15) is 24.1 Å². The predicted molar refractivity (Wildman–Crippen MR) is 85.4 cm³/mol. The molecular formula is C18H22NO3+. The van der Waals surface area contributed by atoms with Crippen LogP contribution in [0.3, 0.4) is 0 Å². The third-order valence-electron chi connectivity index (χ3n) is 3.89. The van der Waals surface area contributed by atoms with Crippen molar-refractivity contribution in [2.45, 2.75) is 13.0 Å².